The zero-order valence-corrected chi connectivity index (χ0v) is 11.6. The number of carboxylic acids is 1. The summed E-state index contributed by atoms with van der Waals surface area (Å²) in [7, 11) is 0. The van der Waals surface area contributed by atoms with E-state index in [0.29, 0.717) is 21.7 Å². The van der Waals surface area contributed by atoms with E-state index in [9.17, 15) is 9.59 Å². The van der Waals surface area contributed by atoms with Gasteiger partial charge in [-0.05, 0) is 47.4 Å². The highest BCUT2D eigenvalue weighted by molar-refractivity contribution is 7.12. The molecule has 0 radical (unpaired) electrons. The molecule has 104 valence electrons. The van der Waals surface area contributed by atoms with Crippen molar-refractivity contribution in [2.45, 2.75) is 0 Å². The molecule has 6 heteroatoms. The normalized spacial score (nSPS) is 10.2. The van der Waals surface area contributed by atoms with E-state index in [1.165, 1.54) is 17.4 Å². The number of hydrogen-bond acceptors (Lipinski definition) is 4. The molecule has 0 unspecified atom stereocenters. The van der Waals surface area contributed by atoms with Crippen molar-refractivity contribution in [1.82, 2.24) is 0 Å². The van der Waals surface area contributed by atoms with Crippen LogP contribution in [0.15, 0.2) is 41.8 Å². The van der Waals surface area contributed by atoms with Crippen molar-refractivity contribution in [3.05, 3.63) is 57.8 Å². The molecule has 2 N–H and O–H groups in total. The number of nitrogens with zero attached hydrogens (tertiary/aromatic N) is 1. The summed E-state index contributed by atoms with van der Waals surface area (Å²) in [5.41, 5.74) is 1.63. The predicted octanol–water partition coefficient (Wildman–Crippen LogP) is 2.97. The van der Waals surface area contributed by atoms with Gasteiger partial charge in [-0.2, -0.15) is 5.26 Å². The summed E-state index contributed by atoms with van der Waals surface area (Å²) < 4.78 is 0. The Morgan fingerprint density at radius 3 is 2.57 bits per heavy atom. The average Bonchev–Trinajstić information content (AvgIpc) is 2.94. The zero-order chi connectivity index (χ0) is 15.2. The van der Waals surface area contributed by atoms with Crippen molar-refractivity contribution in [1.29, 1.82) is 5.26 Å². The van der Waals surface area contributed by atoms with Gasteiger partial charge in [0.25, 0.3) is 5.91 Å². The third-order valence-electron chi connectivity index (χ3n) is 2.58. The van der Waals surface area contributed by atoms with Gasteiger partial charge in [-0.3, -0.25) is 4.79 Å². The monoisotopic (exact) mass is 298 g/mol. The summed E-state index contributed by atoms with van der Waals surface area (Å²) in [6, 6.07) is 10.2. The molecule has 0 fully saturated rings. The lowest BCUT2D eigenvalue weighted by Crippen LogP contribution is -2.11. The number of carbonyl (C=O) groups is 2. The second-order valence-corrected chi connectivity index (χ2v) is 4.94. The summed E-state index contributed by atoms with van der Waals surface area (Å²) in [5, 5.41) is 21.7. The van der Waals surface area contributed by atoms with E-state index in [0.717, 1.165) is 6.08 Å². The van der Waals surface area contributed by atoms with Crippen LogP contribution >= 0.6 is 11.3 Å². The highest BCUT2D eigenvalue weighted by atomic mass is 32.1. The van der Waals surface area contributed by atoms with Gasteiger partial charge in [-0.15, -0.1) is 11.3 Å². The van der Waals surface area contributed by atoms with Crippen LogP contribution in [-0.2, 0) is 4.79 Å². The first kappa shape index (κ1) is 14.5. The molecule has 0 saturated carbocycles. The van der Waals surface area contributed by atoms with Crippen LogP contribution in [0.5, 0.6) is 0 Å². The van der Waals surface area contributed by atoms with Crippen LogP contribution in [0.2, 0.25) is 0 Å². The van der Waals surface area contributed by atoms with Crippen molar-refractivity contribution < 1.29 is 14.7 Å². The quantitative estimate of drug-likeness (QED) is 0.849. The maximum Gasteiger partial charge on any atom is 0.328 e. The molecule has 2 rings (SSSR count). The van der Waals surface area contributed by atoms with Crippen molar-refractivity contribution in [3.63, 3.8) is 0 Å². The lowest BCUT2D eigenvalue weighted by Gasteiger charge is -2.04. The first-order chi connectivity index (χ1) is 10.1. The Balaban J connectivity index is 2.15. The van der Waals surface area contributed by atoms with Gasteiger partial charge in [0, 0.05) is 11.8 Å². The van der Waals surface area contributed by atoms with Crippen LogP contribution in [-0.4, -0.2) is 17.0 Å². The molecule has 0 spiro atoms. The number of carbonyl (C=O) groups excluding carboxylic acids is 1. The zero-order valence-electron chi connectivity index (χ0n) is 10.7. The predicted molar refractivity (Wildman–Crippen MR) is 80.1 cm³/mol. The SMILES string of the molecule is N#Cc1ccc(NC(=O)c2sccc2C=CC(=O)O)cc1. The molecular weight excluding hydrogens is 288 g/mol. The minimum absolute atomic E-state index is 0.320. The molecule has 0 aliphatic rings. The Hall–Kier alpha value is -2.91. The van der Waals surface area contributed by atoms with E-state index in [2.05, 4.69) is 5.32 Å². The first-order valence-corrected chi connectivity index (χ1v) is 6.78. The van der Waals surface area contributed by atoms with Crippen LogP contribution in [0.3, 0.4) is 0 Å². The molecule has 0 aliphatic carbocycles. The smallest absolute Gasteiger partial charge is 0.328 e. The van der Waals surface area contributed by atoms with Gasteiger partial charge in [0.1, 0.15) is 0 Å². The fourth-order valence-electron chi connectivity index (χ4n) is 1.61. The van der Waals surface area contributed by atoms with E-state index >= 15 is 0 Å². The van der Waals surface area contributed by atoms with E-state index in [1.807, 2.05) is 6.07 Å². The molecule has 0 saturated heterocycles. The lowest BCUT2D eigenvalue weighted by molar-refractivity contribution is -0.131. The number of nitrogens with one attached hydrogen (secondary N) is 1. The van der Waals surface area contributed by atoms with Gasteiger partial charge >= 0.3 is 5.97 Å². The van der Waals surface area contributed by atoms with Crippen LogP contribution in [0.1, 0.15) is 20.8 Å². The number of anilines is 1. The number of aliphatic carboxylic acids is 1. The summed E-state index contributed by atoms with van der Waals surface area (Å²) >= 11 is 1.23. The van der Waals surface area contributed by atoms with Gasteiger partial charge in [0.15, 0.2) is 0 Å². The van der Waals surface area contributed by atoms with E-state index < -0.39 is 5.97 Å². The topological polar surface area (TPSA) is 90.2 Å². The van der Waals surface area contributed by atoms with E-state index in [-0.39, 0.29) is 5.91 Å². The minimum atomic E-state index is -1.07. The second-order valence-electron chi connectivity index (χ2n) is 4.02. The molecule has 1 heterocycles. The van der Waals surface area contributed by atoms with Gasteiger partial charge in [0.2, 0.25) is 0 Å². The molecule has 0 atom stereocenters. The molecule has 21 heavy (non-hydrogen) atoms. The van der Waals surface area contributed by atoms with Crippen molar-refractivity contribution in [2.75, 3.05) is 5.32 Å². The van der Waals surface area contributed by atoms with Gasteiger partial charge in [-0.25, -0.2) is 4.79 Å². The molecule has 1 aromatic heterocycles. The fraction of sp³-hybridized carbons (Fsp3) is 0. The number of hydrogen-bond donors (Lipinski definition) is 2. The molecular formula is C15H10N2O3S. The second kappa shape index (κ2) is 6.50. The van der Waals surface area contributed by atoms with Gasteiger partial charge in [-0.1, -0.05) is 0 Å². The average molecular weight is 298 g/mol. The van der Waals surface area contributed by atoms with Crippen LogP contribution in [0.25, 0.3) is 6.08 Å². The Morgan fingerprint density at radius 1 is 1.24 bits per heavy atom. The number of thiophene rings is 1. The molecule has 2 aromatic rings. The number of rotatable bonds is 4. The molecule has 1 amide bonds. The summed E-state index contributed by atoms with van der Waals surface area (Å²) in [4.78, 5) is 23.1. The minimum Gasteiger partial charge on any atom is -0.478 e. The van der Waals surface area contributed by atoms with Crippen LogP contribution < -0.4 is 5.32 Å². The largest absolute Gasteiger partial charge is 0.478 e. The maximum absolute atomic E-state index is 12.1. The van der Waals surface area contributed by atoms with Crippen LogP contribution in [0.4, 0.5) is 5.69 Å². The Morgan fingerprint density at radius 2 is 1.95 bits per heavy atom. The fourth-order valence-corrected chi connectivity index (χ4v) is 2.39. The number of nitriles is 1. The van der Waals surface area contributed by atoms with E-state index in [1.54, 1.807) is 35.7 Å². The number of amides is 1. The first-order valence-electron chi connectivity index (χ1n) is 5.90. The van der Waals surface area contributed by atoms with E-state index in [4.69, 9.17) is 10.4 Å². The van der Waals surface area contributed by atoms with Gasteiger partial charge < -0.3 is 10.4 Å². The van der Waals surface area contributed by atoms with Crippen molar-refractivity contribution in [3.8, 4) is 6.07 Å². The third-order valence-corrected chi connectivity index (χ3v) is 3.51. The Bertz CT molecular complexity index is 739. The molecule has 0 bridgehead atoms. The lowest BCUT2D eigenvalue weighted by atomic mass is 10.2. The number of carboxylic acid groups (broad SMARTS) is 1. The summed E-state index contributed by atoms with van der Waals surface area (Å²) in [6.45, 7) is 0. The van der Waals surface area contributed by atoms with Crippen molar-refractivity contribution in [2.24, 2.45) is 0 Å². The molecule has 5 nitrogen and oxygen atoms in total. The summed E-state index contributed by atoms with van der Waals surface area (Å²) in [6.07, 6.45) is 2.37. The Kier molecular flexibility index (Phi) is 4.49. The van der Waals surface area contributed by atoms with Crippen molar-refractivity contribution >= 4 is 35.0 Å². The third kappa shape index (κ3) is 3.78. The Labute approximate surface area is 124 Å². The highest BCUT2D eigenvalue weighted by Crippen LogP contribution is 2.20. The van der Waals surface area contributed by atoms with Crippen LogP contribution in [0, 0.1) is 11.3 Å². The highest BCUT2D eigenvalue weighted by Gasteiger charge is 2.12. The summed E-state index contributed by atoms with van der Waals surface area (Å²) in [5.74, 6) is -1.39. The maximum atomic E-state index is 12.1. The standard InChI is InChI=1S/C15H10N2O3S/c16-9-10-1-4-12(5-2-10)17-15(20)14-11(7-8-21-14)3-6-13(18)19/h1-8H,(H,17,20)(H,18,19). The number of benzene rings is 1. The molecule has 1 aromatic carbocycles. The van der Waals surface area contributed by atoms with Gasteiger partial charge in [0.05, 0.1) is 16.5 Å². The molecule has 0 aliphatic heterocycles.